The number of hydrogen-bond acceptors (Lipinski definition) is 3. The van der Waals surface area contributed by atoms with Crippen LogP contribution in [0.25, 0.3) is 0 Å². The Morgan fingerprint density at radius 3 is 2.55 bits per heavy atom. The molecule has 2 aromatic rings. The molecule has 0 aromatic heterocycles. The Morgan fingerprint density at radius 1 is 1.10 bits per heavy atom. The minimum Gasteiger partial charge on any atom is -0.323 e. The number of nitrogens with two attached hydrogens (primary N) is 1. The number of anilines is 2. The molecule has 0 aliphatic rings. The van der Waals surface area contributed by atoms with E-state index in [0.29, 0.717) is 22.0 Å². The smallest absolute Gasteiger partial charge is 0.257 e. The highest BCUT2D eigenvalue weighted by molar-refractivity contribution is 6.31. The molecule has 2 rings (SSSR count). The van der Waals surface area contributed by atoms with Crippen molar-refractivity contribution >= 4 is 28.9 Å². The number of carbonyl (C=O) groups excluding carboxylic acids is 1. The van der Waals surface area contributed by atoms with Crippen molar-refractivity contribution in [3.63, 3.8) is 0 Å². The van der Waals surface area contributed by atoms with Gasteiger partial charge in [0.2, 0.25) is 0 Å². The Kier molecular flexibility index (Phi) is 4.27. The van der Waals surface area contributed by atoms with Crippen molar-refractivity contribution < 1.29 is 4.79 Å². The maximum Gasteiger partial charge on any atom is 0.257 e. The van der Waals surface area contributed by atoms with Crippen LogP contribution in [0.3, 0.4) is 0 Å². The molecule has 2 aromatic carbocycles. The molecule has 4 N–H and O–H groups in total. The normalized spacial score (nSPS) is 10.2. The summed E-state index contributed by atoms with van der Waals surface area (Å²) < 4.78 is 0. The number of nitrogens with one attached hydrogen (secondary N) is 2. The van der Waals surface area contributed by atoms with Gasteiger partial charge in [0.1, 0.15) is 0 Å². The Labute approximate surface area is 122 Å². The highest BCUT2D eigenvalue weighted by Crippen LogP contribution is 2.23. The first-order chi connectivity index (χ1) is 9.51. The van der Waals surface area contributed by atoms with Crippen molar-refractivity contribution in [2.75, 3.05) is 10.7 Å². The van der Waals surface area contributed by atoms with Gasteiger partial charge in [-0.1, -0.05) is 29.3 Å². The molecule has 104 valence electrons. The van der Waals surface area contributed by atoms with E-state index in [1.807, 2.05) is 26.0 Å². The monoisotopic (exact) mass is 289 g/mol. The summed E-state index contributed by atoms with van der Waals surface area (Å²) in [6.07, 6.45) is 0. The summed E-state index contributed by atoms with van der Waals surface area (Å²) in [7, 11) is 0. The van der Waals surface area contributed by atoms with Crippen LogP contribution in [0, 0.1) is 13.8 Å². The van der Waals surface area contributed by atoms with E-state index in [1.54, 1.807) is 24.3 Å². The molecule has 20 heavy (non-hydrogen) atoms. The predicted octanol–water partition coefficient (Wildman–Crippen LogP) is 3.49. The molecule has 0 spiro atoms. The summed E-state index contributed by atoms with van der Waals surface area (Å²) in [5.74, 6) is 5.21. The van der Waals surface area contributed by atoms with Crippen LogP contribution < -0.4 is 16.6 Å². The lowest BCUT2D eigenvalue weighted by Gasteiger charge is -2.12. The Bertz CT molecular complexity index is 656. The number of amides is 1. The van der Waals surface area contributed by atoms with Crippen LogP contribution in [0.1, 0.15) is 21.5 Å². The van der Waals surface area contributed by atoms with Crippen molar-refractivity contribution in [2.24, 2.45) is 5.84 Å². The molecule has 0 atom stereocenters. The molecular formula is C15H16ClN3O. The van der Waals surface area contributed by atoms with Crippen LogP contribution in [0.5, 0.6) is 0 Å². The minimum atomic E-state index is -0.230. The van der Waals surface area contributed by atoms with Crippen molar-refractivity contribution in [1.29, 1.82) is 0 Å². The van der Waals surface area contributed by atoms with E-state index in [0.717, 1.165) is 11.1 Å². The fraction of sp³-hybridized carbons (Fsp3) is 0.133. The standard InChI is InChI=1S/C15H16ClN3O/c1-9-3-6-13(19-17)12(7-9)15(20)18-14-8-11(16)5-4-10(14)2/h3-8,19H,17H2,1-2H3,(H,18,20). The second kappa shape index (κ2) is 5.94. The van der Waals surface area contributed by atoms with E-state index in [-0.39, 0.29) is 5.91 Å². The zero-order valence-corrected chi connectivity index (χ0v) is 12.1. The van der Waals surface area contributed by atoms with Crippen LogP contribution in [0.2, 0.25) is 5.02 Å². The van der Waals surface area contributed by atoms with Gasteiger partial charge in [0.25, 0.3) is 5.91 Å². The topological polar surface area (TPSA) is 67.1 Å². The molecular weight excluding hydrogens is 274 g/mol. The lowest BCUT2D eigenvalue weighted by Crippen LogP contribution is -2.17. The summed E-state index contributed by atoms with van der Waals surface area (Å²) in [5.41, 5.74) is 6.21. The van der Waals surface area contributed by atoms with Crippen molar-refractivity contribution in [1.82, 2.24) is 0 Å². The summed E-state index contributed by atoms with van der Waals surface area (Å²) in [6, 6.07) is 10.8. The number of nitrogen functional groups attached to an aromatic ring is 1. The highest BCUT2D eigenvalue weighted by atomic mass is 35.5. The zero-order valence-electron chi connectivity index (χ0n) is 11.3. The molecule has 4 nitrogen and oxygen atoms in total. The van der Waals surface area contributed by atoms with Crippen molar-refractivity contribution in [3.8, 4) is 0 Å². The quantitative estimate of drug-likeness (QED) is 0.598. The molecule has 1 amide bonds. The van der Waals surface area contributed by atoms with Gasteiger partial charge in [-0.25, -0.2) is 0 Å². The molecule has 0 fully saturated rings. The zero-order chi connectivity index (χ0) is 14.7. The van der Waals surface area contributed by atoms with E-state index in [4.69, 9.17) is 17.4 Å². The number of carbonyl (C=O) groups is 1. The number of benzene rings is 2. The second-order valence-corrected chi connectivity index (χ2v) is 5.04. The van der Waals surface area contributed by atoms with Gasteiger partial charge < -0.3 is 10.7 Å². The van der Waals surface area contributed by atoms with E-state index in [9.17, 15) is 4.79 Å². The molecule has 0 bridgehead atoms. The number of rotatable bonds is 3. The van der Waals surface area contributed by atoms with Crippen LogP contribution in [0.4, 0.5) is 11.4 Å². The van der Waals surface area contributed by atoms with E-state index >= 15 is 0 Å². The summed E-state index contributed by atoms with van der Waals surface area (Å²) in [4.78, 5) is 12.4. The minimum absolute atomic E-state index is 0.230. The SMILES string of the molecule is Cc1ccc(NN)c(C(=O)Nc2cc(Cl)ccc2C)c1. The summed E-state index contributed by atoms with van der Waals surface area (Å²) >= 11 is 5.95. The van der Waals surface area contributed by atoms with Crippen LogP contribution in [-0.2, 0) is 0 Å². The fourth-order valence-electron chi connectivity index (χ4n) is 1.89. The van der Waals surface area contributed by atoms with E-state index in [2.05, 4.69) is 10.7 Å². The van der Waals surface area contributed by atoms with Gasteiger partial charge in [-0.05, 0) is 43.7 Å². The molecule has 0 aliphatic carbocycles. The average Bonchev–Trinajstić information content (AvgIpc) is 2.42. The third-order valence-corrected chi connectivity index (χ3v) is 3.26. The number of halogens is 1. The molecule has 5 heteroatoms. The lowest BCUT2D eigenvalue weighted by atomic mass is 10.1. The van der Waals surface area contributed by atoms with Gasteiger partial charge in [-0.3, -0.25) is 10.6 Å². The Morgan fingerprint density at radius 2 is 1.85 bits per heavy atom. The van der Waals surface area contributed by atoms with Crippen LogP contribution in [-0.4, -0.2) is 5.91 Å². The van der Waals surface area contributed by atoms with Crippen LogP contribution >= 0.6 is 11.6 Å². The third-order valence-electron chi connectivity index (χ3n) is 3.02. The van der Waals surface area contributed by atoms with Crippen molar-refractivity contribution in [2.45, 2.75) is 13.8 Å². The molecule has 0 saturated heterocycles. The maximum absolute atomic E-state index is 12.4. The van der Waals surface area contributed by atoms with E-state index in [1.165, 1.54) is 0 Å². The van der Waals surface area contributed by atoms with Gasteiger partial charge in [0, 0.05) is 10.7 Å². The largest absolute Gasteiger partial charge is 0.323 e. The summed E-state index contributed by atoms with van der Waals surface area (Å²) in [5, 5.41) is 3.43. The molecule has 0 heterocycles. The average molecular weight is 290 g/mol. The molecule has 0 aliphatic heterocycles. The van der Waals surface area contributed by atoms with Crippen LogP contribution in [0.15, 0.2) is 36.4 Å². The second-order valence-electron chi connectivity index (χ2n) is 4.61. The predicted molar refractivity (Wildman–Crippen MR) is 83.1 cm³/mol. The number of hydrazine groups is 1. The number of hydrogen-bond donors (Lipinski definition) is 3. The van der Waals surface area contributed by atoms with Gasteiger partial charge in [0.15, 0.2) is 0 Å². The third kappa shape index (κ3) is 3.10. The van der Waals surface area contributed by atoms with Crippen molar-refractivity contribution in [3.05, 3.63) is 58.1 Å². The van der Waals surface area contributed by atoms with E-state index < -0.39 is 0 Å². The number of aryl methyl sites for hydroxylation is 2. The molecule has 0 radical (unpaired) electrons. The molecule has 0 unspecified atom stereocenters. The van der Waals surface area contributed by atoms with Gasteiger partial charge in [-0.15, -0.1) is 0 Å². The lowest BCUT2D eigenvalue weighted by molar-refractivity contribution is 0.102. The Balaban J connectivity index is 2.32. The van der Waals surface area contributed by atoms with Gasteiger partial charge in [0.05, 0.1) is 11.3 Å². The fourth-order valence-corrected chi connectivity index (χ4v) is 2.06. The first-order valence-corrected chi connectivity index (χ1v) is 6.54. The molecule has 0 saturated carbocycles. The first-order valence-electron chi connectivity index (χ1n) is 6.16. The highest BCUT2D eigenvalue weighted by Gasteiger charge is 2.12. The first kappa shape index (κ1) is 14.4. The maximum atomic E-state index is 12.4. The summed E-state index contributed by atoms with van der Waals surface area (Å²) in [6.45, 7) is 3.83. The van der Waals surface area contributed by atoms with Gasteiger partial charge in [-0.2, -0.15) is 0 Å². The van der Waals surface area contributed by atoms with Gasteiger partial charge >= 0.3 is 0 Å². The Hall–Kier alpha value is -2.04.